The van der Waals surface area contributed by atoms with Crippen LogP contribution in [0, 0.1) is 0 Å². The van der Waals surface area contributed by atoms with Crippen LogP contribution < -0.4 is 5.32 Å². The normalized spacial score (nSPS) is 11.0. The molecule has 0 saturated heterocycles. The van der Waals surface area contributed by atoms with Crippen molar-refractivity contribution in [2.75, 3.05) is 13.2 Å². The van der Waals surface area contributed by atoms with Gasteiger partial charge in [0, 0.05) is 22.7 Å². The molecule has 0 aliphatic carbocycles. The van der Waals surface area contributed by atoms with E-state index in [-0.39, 0.29) is 6.61 Å². The molecule has 1 heterocycles. The largest absolute Gasteiger partial charge is 0.396 e. The second-order valence-electron chi connectivity index (χ2n) is 3.50. The van der Waals surface area contributed by atoms with Gasteiger partial charge in [-0.05, 0) is 30.5 Å². The number of nitrogens with one attached hydrogen (secondary N) is 1. The molecule has 0 unspecified atom stereocenters. The van der Waals surface area contributed by atoms with Crippen molar-refractivity contribution in [2.24, 2.45) is 0 Å². The molecule has 2 aromatic rings. The number of hydrogen-bond acceptors (Lipinski definition) is 3. The summed E-state index contributed by atoms with van der Waals surface area (Å²) in [7, 11) is 0. The van der Waals surface area contributed by atoms with Crippen molar-refractivity contribution in [1.82, 2.24) is 5.32 Å². The Morgan fingerprint density at radius 2 is 2.13 bits per heavy atom. The zero-order valence-electron chi connectivity index (χ0n) is 8.57. The van der Waals surface area contributed by atoms with Crippen LogP contribution in [-0.4, -0.2) is 18.3 Å². The van der Waals surface area contributed by atoms with Gasteiger partial charge in [0.15, 0.2) is 0 Å². The van der Waals surface area contributed by atoms with E-state index in [4.69, 9.17) is 5.11 Å². The summed E-state index contributed by atoms with van der Waals surface area (Å²) in [6.07, 6.45) is 0.824. The summed E-state index contributed by atoms with van der Waals surface area (Å²) < 4.78 is 1.34. The highest BCUT2D eigenvalue weighted by Gasteiger charge is 1.99. The fourth-order valence-electron chi connectivity index (χ4n) is 1.54. The Morgan fingerprint density at radius 3 is 2.93 bits per heavy atom. The van der Waals surface area contributed by atoms with Crippen molar-refractivity contribution in [3.8, 4) is 0 Å². The van der Waals surface area contributed by atoms with Crippen LogP contribution in [0.3, 0.4) is 0 Å². The van der Waals surface area contributed by atoms with Crippen LogP contribution in [0.1, 0.15) is 11.3 Å². The van der Waals surface area contributed by atoms with E-state index in [1.807, 2.05) is 11.3 Å². The molecule has 15 heavy (non-hydrogen) atoms. The highest BCUT2D eigenvalue weighted by Crippen LogP contribution is 2.24. The third-order valence-corrected chi connectivity index (χ3v) is 3.40. The molecule has 1 aromatic carbocycles. The van der Waals surface area contributed by atoms with Crippen molar-refractivity contribution in [3.63, 3.8) is 0 Å². The molecule has 0 spiro atoms. The SMILES string of the molecule is OCCCNCc1cc2ccccc2s1. The quantitative estimate of drug-likeness (QED) is 0.760. The topological polar surface area (TPSA) is 32.3 Å². The van der Waals surface area contributed by atoms with Crippen molar-refractivity contribution in [3.05, 3.63) is 35.2 Å². The van der Waals surface area contributed by atoms with Crippen LogP contribution in [0.25, 0.3) is 10.1 Å². The highest BCUT2D eigenvalue weighted by molar-refractivity contribution is 7.19. The molecular formula is C12H15NOS. The summed E-state index contributed by atoms with van der Waals surface area (Å²) in [5.41, 5.74) is 0. The fourth-order valence-corrected chi connectivity index (χ4v) is 2.57. The van der Waals surface area contributed by atoms with Gasteiger partial charge in [-0.25, -0.2) is 0 Å². The lowest BCUT2D eigenvalue weighted by Gasteiger charge is -1.99. The van der Waals surface area contributed by atoms with Crippen molar-refractivity contribution >= 4 is 21.4 Å². The first-order valence-electron chi connectivity index (χ1n) is 5.19. The van der Waals surface area contributed by atoms with Crippen LogP contribution in [0.4, 0.5) is 0 Å². The van der Waals surface area contributed by atoms with Crippen molar-refractivity contribution < 1.29 is 5.11 Å². The number of thiophene rings is 1. The first kappa shape index (κ1) is 10.6. The minimum Gasteiger partial charge on any atom is -0.396 e. The van der Waals surface area contributed by atoms with Gasteiger partial charge in [-0.2, -0.15) is 0 Å². The summed E-state index contributed by atoms with van der Waals surface area (Å²) in [5.74, 6) is 0. The summed E-state index contributed by atoms with van der Waals surface area (Å²) in [6, 6.07) is 10.7. The average Bonchev–Trinajstić information content (AvgIpc) is 2.67. The summed E-state index contributed by atoms with van der Waals surface area (Å²) in [4.78, 5) is 1.36. The summed E-state index contributed by atoms with van der Waals surface area (Å²) >= 11 is 1.83. The predicted molar refractivity (Wildman–Crippen MR) is 65.2 cm³/mol. The zero-order valence-corrected chi connectivity index (χ0v) is 9.39. The second kappa shape index (κ2) is 5.26. The first-order valence-corrected chi connectivity index (χ1v) is 6.01. The molecule has 2 rings (SSSR count). The third-order valence-electron chi connectivity index (χ3n) is 2.29. The summed E-state index contributed by atoms with van der Waals surface area (Å²) in [6.45, 7) is 2.05. The predicted octanol–water partition coefficient (Wildman–Crippen LogP) is 2.37. The molecule has 1 aromatic heterocycles. The van der Waals surface area contributed by atoms with Crippen LogP contribution in [0.5, 0.6) is 0 Å². The maximum absolute atomic E-state index is 8.64. The standard InChI is InChI=1S/C12H15NOS/c14-7-3-6-13-9-11-8-10-4-1-2-5-12(10)15-11/h1-2,4-5,8,13-14H,3,6-7,9H2. The molecule has 0 atom stereocenters. The molecule has 0 radical (unpaired) electrons. The molecule has 0 fully saturated rings. The van der Waals surface area contributed by atoms with E-state index in [1.54, 1.807) is 0 Å². The van der Waals surface area contributed by atoms with Crippen LogP contribution in [0.15, 0.2) is 30.3 Å². The van der Waals surface area contributed by atoms with Gasteiger partial charge in [0.25, 0.3) is 0 Å². The minimum atomic E-state index is 0.263. The van der Waals surface area contributed by atoms with Gasteiger partial charge in [0.2, 0.25) is 0 Å². The van der Waals surface area contributed by atoms with Gasteiger partial charge in [-0.3, -0.25) is 0 Å². The van der Waals surface area contributed by atoms with Gasteiger partial charge in [0.05, 0.1) is 0 Å². The van der Waals surface area contributed by atoms with Crippen molar-refractivity contribution in [2.45, 2.75) is 13.0 Å². The Hall–Kier alpha value is -0.900. The maximum atomic E-state index is 8.64. The number of aliphatic hydroxyl groups excluding tert-OH is 1. The molecular weight excluding hydrogens is 206 g/mol. The second-order valence-corrected chi connectivity index (χ2v) is 4.67. The van der Waals surface area contributed by atoms with Gasteiger partial charge in [-0.1, -0.05) is 18.2 Å². The number of rotatable bonds is 5. The van der Waals surface area contributed by atoms with E-state index in [1.165, 1.54) is 15.0 Å². The van der Waals surface area contributed by atoms with E-state index in [0.717, 1.165) is 19.5 Å². The van der Waals surface area contributed by atoms with Gasteiger partial charge in [-0.15, -0.1) is 11.3 Å². The first-order chi connectivity index (χ1) is 7.40. The Kier molecular flexibility index (Phi) is 3.72. The average molecular weight is 221 g/mol. The number of aliphatic hydroxyl groups is 1. The lowest BCUT2D eigenvalue weighted by atomic mass is 10.2. The molecule has 0 saturated carbocycles. The monoisotopic (exact) mass is 221 g/mol. The van der Waals surface area contributed by atoms with E-state index in [2.05, 4.69) is 35.6 Å². The molecule has 0 aliphatic rings. The van der Waals surface area contributed by atoms with Gasteiger partial charge in [0.1, 0.15) is 0 Å². The number of fused-ring (bicyclic) bond motifs is 1. The molecule has 0 bridgehead atoms. The Bertz CT molecular complexity index is 391. The molecule has 0 aliphatic heterocycles. The highest BCUT2D eigenvalue weighted by atomic mass is 32.1. The minimum absolute atomic E-state index is 0.263. The Morgan fingerprint density at radius 1 is 1.27 bits per heavy atom. The smallest absolute Gasteiger partial charge is 0.0443 e. The van der Waals surface area contributed by atoms with Crippen LogP contribution in [-0.2, 0) is 6.54 Å². The Balaban J connectivity index is 1.97. The van der Waals surface area contributed by atoms with Crippen LogP contribution in [0.2, 0.25) is 0 Å². The van der Waals surface area contributed by atoms with Gasteiger partial charge >= 0.3 is 0 Å². The fraction of sp³-hybridized carbons (Fsp3) is 0.333. The third kappa shape index (κ3) is 2.78. The summed E-state index contributed by atoms with van der Waals surface area (Å²) in [5, 5.41) is 13.3. The van der Waals surface area contributed by atoms with Crippen LogP contribution >= 0.6 is 11.3 Å². The van der Waals surface area contributed by atoms with E-state index >= 15 is 0 Å². The van der Waals surface area contributed by atoms with Gasteiger partial charge < -0.3 is 10.4 Å². The zero-order chi connectivity index (χ0) is 10.5. The Labute approximate surface area is 93.6 Å². The molecule has 3 heteroatoms. The molecule has 2 N–H and O–H groups in total. The van der Waals surface area contributed by atoms with E-state index < -0.39 is 0 Å². The molecule has 80 valence electrons. The molecule has 0 amide bonds. The number of hydrogen-bond donors (Lipinski definition) is 2. The van der Waals surface area contributed by atoms with E-state index in [9.17, 15) is 0 Å². The number of benzene rings is 1. The van der Waals surface area contributed by atoms with E-state index in [0.29, 0.717) is 0 Å². The lowest BCUT2D eigenvalue weighted by Crippen LogP contribution is -2.14. The maximum Gasteiger partial charge on any atom is 0.0443 e. The molecule has 2 nitrogen and oxygen atoms in total. The lowest BCUT2D eigenvalue weighted by molar-refractivity contribution is 0.286. The van der Waals surface area contributed by atoms with Crippen molar-refractivity contribution in [1.29, 1.82) is 0 Å².